The van der Waals surface area contributed by atoms with Gasteiger partial charge in [0.1, 0.15) is 0 Å². The maximum Gasteiger partial charge on any atom is 1.00 e. The van der Waals surface area contributed by atoms with Crippen LogP contribution in [0.25, 0.3) is 0 Å². The zero-order valence-electron chi connectivity index (χ0n) is 15.4. The van der Waals surface area contributed by atoms with E-state index in [-0.39, 0.29) is 18.9 Å². The zero-order valence-corrected chi connectivity index (χ0v) is 16.2. The summed E-state index contributed by atoms with van der Waals surface area (Å²) in [5.74, 6) is 0. The van der Waals surface area contributed by atoms with E-state index in [1.54, 1.807) is 0 Å². The molecule has 3 heteroatoms. The Kier molecular flexibility index (Phi) is 11.2. The van der Waals surface area contributed by atoms with Gasteiger partial charge in [0.15, 0.2) is 0 Å². The van der Waals surface area contributed by atoms with Gasteiger partial charge < -0.3 is 4.74 Å². The smallest absolute Gasteiger partial charge is 0.382 e. The Morgan fingerprint density at radius 3 is 1.56 bits per heavy atom. The minimum atomic E-state index is -0.502. The van der Waals surface area contributed by atoms with Crippen LogP contribution in [0.5, 0.6) is 0 Å². The zero-order chi connectivity index (χ0) is 17.0. The van der Waals surface area contributed by atoms with Crippen LogP contribution in [0, 0.1) is 6.07 Å². The Morgan fingerprint density at radius 1 is 0.720 bits per heavy atom. The standard InChI is InChI=1S/C18H14P.C4H10O.Li/c1-4-10-16(11-5-1)19(17-12-6-2-7-13-17)18-14-8-3-9-15-18;1-3-5-4-2;/h1-14H;3-4H2,1-2H3;/q-1;;+1. The Bertz CT molecular complexity index is 578. The summed E-state index contributed by atoms with van der Waals surface area (Å²) in [6, 6.07) is 33.1. The molecule has 3 rings (SSSR count). The maximum absolute atomic E-state index is 4.83. The molecule has 0 bridgehead atoms. The quantitative estimate of drug-likeness (QED) is 0.386. The predicted octanol–water partition coefficient (Wildman–Crippen LogP) is 1.29. The molecule has 0 aromatic heterocycles. The van der Waals surface area contributed by atoms with Crippen LogP contribution in [-0.4, -0.2) is 13.2 Å². The van der Waals surface area contributed by atoms with Gasteiger partial charge in [-0.2, -0.15) is 30.3 Å². The summed E-state index contributed by atoms with van der Waals surface area (Å²) in [6.07, 6.45) is 0. The van der Waals surface area contributed by atoms with E-state index in [9.17, 15) is 0 Å². The molecule has 0 aliphatic heterocycles. The van der Waals surface area contributed by atoms with Gasteiger partial charge in [-0.25, -0.2) is 0 Å². The average molecular weight is 342 g/mol. The minimum absolute atomic E-state index is 0. The predicted molar refractivity (Wildman–Crippen MR) is 106 cm³/mol. The molecular weight excluding hydrogens is 318 g/mol. The molecule has 0 spiro atoms. The maximum atomic E-state index is 4.83. The van der Waals surface area contributed by atoms with Crippen LogP contribution in [0.2, 0.25) is 0 Å². The Morgan fingerprint density at radius 2 is 1.20 bits per heavy atom. The molecule has 0 fully saturated rings. The second-order valence-corrected chi connectivity index (χ2v) is 7.22. The van der Waals surface area contributed by atoms with Crippen molar-refractivity contribution >= 4 is 23.8 Å². The van der Waals surface area contributed by atoms with Crippen molar-refractivity contribution in [2.24, 2.45) is 0 Å². The minimum Gasteiger partial charge on any atom is -0.382 e. The second kappa shape index (κ2) is 12.9. The first-order valence-corrected chi connectivity index (χ1v) is 9.65. The van der Waals surface area contributed by atoms with E-state index in [4.69, 9.17) is 4.74 Å². The molecule has 0 heterocycles. The summed E-state index contributed by atoms with van der Waals surface area (Å²) in [4.78, 5) is 0. The summed E-state index contributed by atoms with van der Waals surface area (Å²) in [5.41, 5.74) is 0. The number of hydrogen-bond acceptors (Lipinski definition) is 1. The molecule has 3 aromatic carbocycles. The molecule has 0 atom stereocenters. The molecule has 3 aromatic rings. The van der Waals surface area contributed by atoms with Crippen molar-refractivity contribution < 1.29 is 23.6 Å². The Hall–Kier alpha value is -1.35. The van der Waals surface area contributed by atoms with Gasteiger partial charge in [0.2, 0.25) is 0 Å². The van der Waals surface area contributed by atoms with E-state index in [1.165, 1.54) is 15.9 Å². The van der Waals surface area contributed by atoms with Crippen LogP contribution in [-0.2, 0) is 4.74 Å². The summed E-state index contributed by atoms with van der Waals surface area (Å²) < 4.78 is 4.83. The summed E-state index contributed by atoms with van der Waals surface area (Å²) in [6.45, 7) is 5.67. The molecule has 0 aliphatic carbocycles. The monoisotopic (exact) mass is 342 g/mol. The fraction of sp³-hybridized carbons (Fsp3) is 0.182. The van der Waals surface area contributed by atoms with Crippen molar-refractivity contribution in [3.63, 3.8) is 0 Å². The fourth-order valence-corrected chi connectivity index (χ4v) is 4.54. The van der Waals surface area contributed by atoms with Crippen LogP contribution in [0.1, 0.15) is 13.8 Å². The van der Waals surface area contributed by atoms with Crippen LogP contribution < -0.4 is 34.8 Å². The van der Waals surface area contributed by atoms with Crippen molar-refractivity contribution in [1.82, 2.24) is 0 Å². The summed E-state index contributed by atoms with van der Waals surface area (Å²) >= 11 is 0. The third-order valence-corrected chi connectivity index (χ3v) is 5.76. The molecule has 0 N–H and O–H groups in total. The number of benzene rings is 3. The van der Waals surface area contributed by atoms with Crippen LogP contribution in [0.4, 0.5) is 0 Å². The van der Waals surface area contributed by atoms with Gasteiger partial charge in [-0.05, 0) is 32.4 Å². The van der Waals surface area contributed by atoms with Gasteiger partial charge in [-0.1, -0.05) is 60.7 Å². The normalized spacial score (nSPS) is 9.72. The molecule has 0 aliphatic rings. The van der Waals surface area contributed by atoms with Gasteiger partial charge in [0.25, 0.3) is 0 Å². The molecule has 0 radical (unpaired) electrons. The first-order valence-electron chi connectivity index (χ1n) is 8.31. The molecule has 0 saturated heterocycles. The van der Waals surface area contributed by atoms with E-state index in [2.05, 4.69) is 78.9 Å². The molecule has 25 heavy (non-hydrogen) atoms. The molecule has 124 valence electrons. The summed E-state index contributed by atoms with van der Waals surface area (Å²) in [5, 5.41) is 4.01. The SMILES string of the molecule is CCOCC.[Li+].[c-]1ccccc1P(c1ccccc1)c1ccccc1. The first kappa shape index (κ1) is 21.7. The van der Waals surface area contributed by atoms with Crippen LogP contribution in [0.15, 0.2) is 84.9 Å². The van der Waals surface area contributed by atoms with E-state index >= 15 is 0 Å². The number of rotatable bonds is 5. The second-order valence-electron chi connectivity index (χ2n) is 5.04. The number of hydrogen-bond donors (Lipinski definition) is 0. The van der Waals surface area contributed by atoms with Crippen molar-refractivity contribution in [2.45, 2.75) is 13.8 Å². The molecule has 0 amide bonds. The van der Waals surface area contributed by atoms with Crippen molar-refractivity contribution in [3.8, 4) is 0 Å². The molecule has 1 nitrogen and oxygen atoms in total. The molecule has 0 saturated carbocycles. The van der Waals surface area contributed by atoms with Gasteiger partial charge in [-0.15, -0.1) is 5.30 Å². The Labute approximate surface area is 165 Å². The largest absolute Gasteiger partial charge is 1.00 e. The molecular formula is C22H24LiOP. The molecule has 0 unspecified atom stereocenters. The third kappa shape index (κ3) is 7.19. The van der Waals surface area contributed by atoms with Gasteiger partial charge >= 0.3 is 18.9 Å². The van der Waals surface area contributed by atoms with E-state index < -0.39 is 7.92 Å². The van der Waals surface area contributed by atoms with Crippen LogP contribution >= 0.6 is 7.92 Å². The van der Waals surface area contributed by atoms with Gasteiger partial charge in [-0.3, -0.25) is 0 Å². The van der Waals surface area contributed by atoms with Gasteiger partial charge in [0.05, 0.1) is 0 Å². The first-order chi connectivity index (χ1) is 11.9. The van der Waals surface area contributed by atoms with Crippen molar-refractivity contribution in [2.75, 3.05) is 13.2 Å². The Balaban J connectivity index is 0.000000462. The fourth-order valence-electron chi connectivity index (χ4n) is 2.31. The van der Waals surface area contributed by atoms with Gasteiger partial charge in [0, 0.05) is 13.2 Å². The summed E-state index contributed by atoms with van der Waals surface area (Å²) in [7, 11) is -0.502. The van der Waals surface area contributed by atoms with E-state index in [1.807, 2.05) is 26.0 Å². The number of ether oxygens (including phenoxy) is 1. The van der Waals surface area contributed by atoms with Crippen molar-refractivity contribution in [3.05, 3.63) is 91.0 Å². The van der Waals surface area contributed by atoms with E-state index in [0.717, 1.165) is 13.2 Å². The van der Waals surface area contributed by atoms with Crippen molar-refractivity contribution in [1.29, 1.82) is 0 Å². The average Bonchev–Trinajstić information content (AvgIpc) is 2.66. The van der Waals surface area contributed by atoms with E-state index in [0.29, 0.717) is 0 Å². The topological polar surface area (TPSA) is 9.23 Å². The third-order valence-electron chi connectivity index (χ3n) is 3.37. The van der Waals surface area contributed by atoms with Crippen LogP contribution in [0.3, 0.4) is 0 Å².